The van der Waals surface area contributed by atoms with Gasteiger partial charge in [-0.1, -0.05) is 82.3 Å². The lowest BCUT2D eigenvalue weighted by Gasteiger charge is -2.49. The van der Waals surface area contributed by atoms with Crippen LogP contribution in [0.15, 0.2) is 95.3 Å². The highest BCUT2D eigenvalue weighted by Crippen LogP contribution is 2.54. The molecule has 0 unspecified atom stereocenters. The van der Waals surface area contributed by atoms with Gasteiger partial charge in [0.05, 0.1) is 0 Å². The van der Waals surface area contributed by atoms with Gasteiger partial charge in [-0.15, -0.1) is 0 Å². The molecule has 1 amide bonds. The van der Waals surface area contributed by atoms with E-state index >= 15 is 0 Å². The zero-order valence-corrected chi connectivity index (χ0v) is 28.5. The van der Waals surface area contributed by atoms with Crippen molar-refractivity contribution < 1.29 is 19.1 Å². The summed E-state index contributed by atoms with van der Waals surface area (Å²) in [5.74, 6) is 0.0259. The normalized spacial score (nSPS) is 19.0. The first kappa shape index (κ1) is 32.5. The molecule has 1 heterocycles. The number of anilines is 1. The number of hydrogen-bond donors (Lipinski definition) is 1. The van der Waals surface area contributed by atoms with Crippen LogP contribution >= 0.6 is 0 Å². The zero-order chi connectivity index (χ0) is 33.5. The molecule has 0 aromatic heterocycles. The minimum atomic E-state index is -0.465. The van der Waals surface area contributed by atoms with E-state index in [1.807, 2.05) is 62.4 Å². The largest absolute Gasteiger partial charge is 0.484 e. The van der Waals surface area contributed by atoms with Crippen molar-refractivity contribution in [3.05, 3.63) is 118 Å². The summed E-state index contributed by atoms with van der Waals surface area (Å²) in [6, 6.07) is 24.0. The van der Waals surface area contributed by atoms with E-state index in [-0.39, 0.29) is 34.9 Å². The smallest absolute Gasteiger partial charge is 0.262 e. The van der Waals surface area contributed by atoms with Crippen LogP contribution in [0.4, 0.5) is 5.69 Å². The molecule has 0 bridgehead atoms. The molecular formula is C41H46N2O4. The fourth-order valence-electron chi connectivity index (χ4n) is 7.53. The maximum atomic E-state index is 14.2. The van der Waals surface area contributed by atoms with E-state index in [1.54, 1.807) is 0 Å². The van der Waals surface area contributed by atoms with Crippen LogP contribution in [0.5, 0.6) is 5.75 Å². The minimum absolute atomic E-state index is 0.106. The Bertz CT molecular complexity index is 1740. The molecule has 47 heavy (non-hydrogen) atoms. The Morgan fingerprint density at radius 1 is 0.809 bits per heavy atom. The lowest BCUT2D eigenvalue weighted by atomic mass is 9.63. The van der Waals surface area contributed by atoms with Crippen LogP contribution in [0.25, 0.3) is 0 Å². The fourth-order valence-corrected chi connectivity index (χ4v) is 7.53. The van der Waals surface area contributed by atoms with Gasteiger partial charge in [-0.25, -0.2) is 0 Å². The van der Waals surface area contributed by atoms with Gasteiger partial charge in [-0.3, -0.25) is 14.4 Å². The van der Waals surface area contributed by atoms with Crippen molar-refractivity contribution in [3.63, 3.8) is 0 Å². The highest BCUT2D eigenvalue weighted by atomic mass is 16.5. The van der Waals surface area contributed by atoms with Crippen LogP contribution in [-0.2, 0) is 20.8 Å². The number of rotatable bonds is 8. The third kappa shape index (κ3) is 6.97. The van der Waals surface area contributed by atoms with Crippen molar-refractivity contribution in [2.45, 2.75) is 79.6 Å². The van der Waals surface area contributed by atoms with Crippen LogP contribution in [0.2, 0.25) is 0 Å². The number of hydrogen-bond acceptors (Lipinski definition) is 5. The Hall–Kier alpha value is -4.45. The summed E-state index contributed by atoms with van der Waals surface area (Å²) in [6.07, 6.45) is 3.21. The fraction of sp³-hybridized carbons (Fsp3) is 0.390. The lowest BCUT2D eigenvalue weighted by Crippen LogP contribution is -2.45. The van der Waals surface area contributed by atoms with Gasteiger partial charge in [-0.2, -0.15) is 0 Å². The molecule has 6 rings (SSSR count). The summed E-state index contributed by atoms with van der Waals surface area (Å²) in [4.78, 5) is 43.6. The number of carbonyl (C=O) groups is 3. The maximum Gasteiger partial charge on any atom is 0.262 e. The molecule has 0 saturated heterocycles. The highest BCUT2D eigenvalue weighted by Gasteiger charge is 2.48. The topological polar surface area (TPSA) is 75.7 Å². The molecule has 1 aliphatic heterocycles. The van der Waals surface area contributed by atoms with Crippen molar-refractivity contribution in [2.75, 3.05) is 18.5 Å². The molecular weight excluding hydrogens is 584 g/mol. The molecule has 3 aromatic carbocycles. The van der Waals surface area contributed by atoms with E-state index in [2.05, 4.69) is 62.2 Å². The summed E-state index contributed by atoms with van der Waals surface area (Å²) >= 11 is 0. The second-order valence-corrected chi connectivity index (χ2v) is 15.2. The SMILES string of the molecule is Cc1ccc(C)c(NC(=O)COc2cccc(C3C4=C(CC(C)(C)CC4=O)N(CCc4ccccc4)C4=C3C(=O)CC(C)(C)C4)c2)c1. The van der Waals surface area contributed by atoms with Crippen LogP contribution in [0.1, 0.15) is 81.5 Å². The molecule has 0 radical (unpaired) electrons. The first-order valence-electron chi connectivity index (χ1n) is 16.7. The van der Waals surface area contributed by atoms with Gasteiger partial charge in [0.25, 0.3) is 5.91 Å². The van der Waals surface area contributed by atoms with E-state index in [1.165, 1.54) is 5.56 Å². The van der Waals surface area contributed by atoms with Crippen LogP contribution in [0.3, 0.4) is 0 Å². The number of nitrogens with zero attached hydrogens (tertiary/aromatic N) is 1. The number of allylic oxidation sites excluding steroid dienone is 4. The summed E-state index contributed by atoms with van der Waals surface area (Å²) in [5.41, 5.74) is 8.10. The second-order valence-electron chi connectivity index (χ2n) is 15.2. The summed E-state index contributed by atoms with van der Waals surface area (Å²) in [5, 5.41) is 2.96. The number of Topliss-reactive ketones (excluding diaryl/α,β-unsaturated/α-hetero) is 2. The summed E-state index contributed by atoms with van der Waals surface area (Å²) in [7, 11) is 0. The summed E-state index contributed by atoms with van der Waals surface area (Å²) in [6.45, 7) is 13.2. The predicted octanol–water partition coefficient (Wildman–Crippen LogP) is 8.25. The molecule has 0 fully saturated rings. The van der Waals surface area contributed by atoms with E-state index < -0.39 is 5.92 Å². The van der Waals surface area contributed by atoms with Gasteiger partial charge < -0.3 is 15.0 Å². The Kier molecular flexibility index (Phi) is 8.73. The molecule has 244 valence electrons. The quantitative estimate of drug-likeness (QED) is 0.271. The number of ketones is 2. The van der Waals surface area contributed by atoms with Gasteiger partial charge in [0.15, 0.2) is 18.2 Å². The van der Waals surface area contributed by atoms with E-state index in [0.717, 1.165) is 64.2 Å². The first-order chi connectivity index (χ1) is 22.3. The van der Waals surface area contributed by atoms with Crippen molar-refractivity contribution in [1.82, 2.24) is 4.90 Å². The van der Waals surface area contributed by atoms with Crippen LogP contribution in [0, 0.1) is 24.7 Å². The third-order valence-electron chi connectivity index (χ3n) is 9.72. The Labute approximate surface area is 278 Å². The maximum absolute atomic E-state index is 14.2. The monoisotopic (exact) mass is 630 g/mol. The number of amides is 1. The van der Waals surface area contributed by atoms with Crippen molar-refractivity contribution in [3.8, 4) is 5.75 Å². The Morgan fingerprint density at radius 2 is 1.45 bits per heavy atom. The standard InChI is InChI=1S/C41H46N2O4/c1-26-15-16-27(2)31(19-26)42-36(46)25-47-30-14-10-13-29(20-30)37-38-32(21-40(3,4)23-34(38)44)43(18-17-28-11-8-7-9-12-28)33-22-41(5,6)24-35(45)39(33)37/h7-16,19-20,37H,17-18,21-25H2,1-6H3,(H,42,46). The minimum Gasteiger partial charge on any atom is -0.484 e. The summed E-state index contributed by atoms with van der Waals surface area (Å²) < 4.78 is 6.02. The zero-order valence-electron chi connectivity index (χ0n) is 28.5. The molecule has 1 N–H and O–H groups in total. The van der Waals surface area contributed by atoms with Gasteiger partial charge in [0.1, 0.15) is 5.75 Å². The van der Waals surface area contributed by atoms with Crippen molar-refractivity contribution in [1.29, 1.82) is 0 Å². The average Bonchev–Trinajstić information content (AvgIpc) is 3.00. The molecule has 0 spiro atoms. The van der Waals surface area contributed by atoms with Crippen LogP contribution < -0.4 is 10.1 Å². The van der Waals surface area contributed by atoms with Gasteiger partial charge in [0, 0.05) is 53.5 Å². The van der Waals surface area contributed by atoms with Gasteiger partial charge in [0.2, 0.25) is 0 Å². The number of aryl methyl sites for hydroxylation is 2. The average molecular weight is 631 g/mol. The molecule has 0 atom stereocenters. The number of ether oxygens (including phenoxy) is 1. The molecule has 2 aliphatic carbocycles. The van der Waals surface area contributed by atoms with Gasteiger partial charge in [-0.05, 0) is 84.4 Å². The van der Waals surface area contributed by atoms with Crippen LogP contribution in [-0.4, -0.2) is 35.5 Å². The number of benzene rings is 3. The molecule has 6 nitrogen and oxygen atoms in total. The van der Waals surface area contributed by atoms with Gasteiger partial charge >= 0.3 is 0 Å². The van der Waals surface area contributed by atoms with Crippen molar-refractivity contribution >= 4 is 23.2 Å². The van der Waals surface area contributed by atoms with E-state index in [4.69, 9.17) is 4.74 Å². The number of carbonyl (C=O) groups excluding carboxylic acids is 3. The molecule has 0 saturated carbocycles. The molecule has 3 aromatic rings. The second kappa shape index (κ2) is 12.6. The number of nitrogens with one attached hydrogen (secondary N) is 1. The Morgan fingerprint density at radius 3 is 2.09 bits per heavy atom. The highest BCUT2D eigenvalue weighted by molar-refractivity contribution is 6.06. The predicted molar refractivity (Wildman–Crippen MR) is 186 cm³/mol. The first-order valence-corrected chi connectivity index (χ1v) is 16.7. The lowest BCUT2D eigenvalue weighted by molar-refractivity contribution is -0.120. The van der Waals surface area contributed by atoms with E-state index in [0.29, 0.717) is 25.1 Å². The molecule has 3 aliphatic rings. The van der Waals surface area contributed by atoms with E-state index in [9.17, 15) is 14.4 Å². The van der Waals surface area contributed by atoms with Crippen molar-refractivity contribution in [2.24, 2.45) is 10.8 Å². The molecule has 6 heteroatoms. The Balaban J connectivity index is 1.36. The third-order valence-corrected chi connectivity index (χ3v) is 9.72.